The van der Waals surface area contributed by atoms with Gasteiger partial charge in [-0.05, 0) is 43.1 Å². The van der Waals surface area contributed by atoms with E-state index >= 15 is 0 Å². The number of nitriles is 1. The zero-order valence-electron chi connectivity index (χ0n) is 14.1. The van der Waals surface area contributed by atoms with Crippen LogP contribution in [0.25, 0.3) is 6.20 Å². The molecule has 1 aliphatic heterocycles. The predicted molar refractivity (Wildman–Crippen MR) is 95.5 cm³/mol. The summed E-state index contributed by atoms with van der Waals surface area (Å²) >= 11 is 0. The van der Waals surface area contributed by atoms with Gasteiger partial charge < -0.3 is 5.32 Å². The van der Waals surface area contributed by atoms with E-state index in [1.807, 2.05) is 12.4 Å². The van der Waals surface area contributed by atoms with Crippen molar-refractivity contribution in [2.75, 3.05) is 19.6 Å². The zero-order valence-corrected chi connectivity index (χ0v) is 14.1. The van der Waals surface area contributed by atoms with Gasteiger partial charge in [0.15, 0.2) is 0 Å². The molecule has 1 atom stereocenters. The highest BCUT2D eigenvalue weighted by Crippen LogP contribution is 2.18. The molecule has 1 saturated heterocycles. The summed E-state index contributed by atoms with van der Waals surface area (Å²) < 4.78 is 1.71. The number of carbonyl (C=O) groups excluding carboxylic acids is 1. The van der Waals surface area contributed by atoms with Crippen LogP contribution in [0.4, 0.5) is 0 Å². The lowest BCUT2D eigenvalue weighted by atomic mass is 10.1. The molecule has 6 heteroatoms. The van der Waals surface area contributed by atoms with Crippen molar-refractivity contribution < 1.29 is 4.79 Å². The molecule has 0 saturated carbocycles. The summed E-state index contributed by atoms with van der Waals surface area (Å²) in [5, 5.41) is 16.0. The van der Waals surface area contributed by atoms with Crippen LogP contribution >= 0.6 is 0 Å². The average molecular weight is 335 g/mol. The van der Waals surface area contributed by atoms with Gasteiger partial charge in [0.05, 0.1) is 17.8 Å². The fraction of sp³-hybridized carbons (Fsp3) is 0.316. The van der Waals surface area contributed by atoms with E-state index in [2.05, 4.69) is 28.0 Å². The molecule has 1 aliphatic rings. The van der Waals surface area contributed by atoms with E-state index in [1.165, 1.54) is 5.56 Å². The van der Waals surface area contributed by atoms with Crippen LogP contribution in [-0.4, -0.2) is 40.2 Å². The summed E-state index contributed by atoms with van der Waals surface area (Å²) in [6.45, 7) is 7.22. The molecular formula is C19H21N5O. The van der Waals surface area contributed by atoms with E-state index < -0.39 is 0 Å². The summed E-state index contributed by atoms with van der Waals surface area (Å²) in [6.07, 6.45) is 6.59. The van der Waals surface area contributed by atoms with Crippen molar-refractivity contribution in [3.63, 3.8) is 0 Å². The smallest absolute Gasteiger partial charge is 0.251 e. The Morgan fingerprint density at radius 3 is 2.92 bits per heavy atom. The summed E-state index contributed by atoms with van der Waals surface area (Å²) in [7, 11) is 0. The van der Waals surface area contributed by atoms with Gasteiger partial charge in [-0.25, -0.2) is 4.68 Å². The third-order valence-corrected chi connectivity index (χ3v) is 4.45. The lowest BCUT2D eigenvalue weighted by Gasteiger charge is -2.15. The van der Waals surface area contributed by atoms with Crippen LogP contribution in [0.5, 0.6) is 0 Å². The van der Waals surface area contributed by atoms with Crippen molar-refractivity contribution >= 4 is 12.1 Å². The van der Waals surface area contributed by atoms with Gasteiger partial charge in [0, 0.05) is 43.2 Å². The van der Waals surface area contributed by atoms with Crippen molar-refractivity contribution in [1.82, 2.24) is 20.0 Å². The molecule has 1 fully saturated rings. The SMILES string of the molecule is C=Cn1cc(CN2CC[C@H](CNC(=O)c3ccc(C#N)cc3)C2)cn1. The van der Waals surface area contributed by atoms with E-state index in [-0.39, 0.29) is 5.91 Å². The van der Waals surface area contributed by atoms with Crippen LogP contribution in [0.1, 0.15) is 27.9 Å². The van der Waals surface area contributed by atoms with E-state index in [0.29, 0.717) is 23.6 Å². The molecule has 1 amide bonds. The maximum Gasteiger partial charge on any atom is 0.251 e. The molecule has 6 nitrogen and oxygen atoms in total. The number of nitrogens with one attached hydrogen (secondary N) is 1. The van der Waals surface area contributed by atoms with Gasteiger partial charge in [0.2, 0.25) is 0 Å². The molecular weight excluding hydrogens is 314 g/mol. The first-order valence-electron chi connectivity index (χ1n) is 8.34. The van der Waals surface area contributed by atoms with Crippen molar-refractivity contribution in [2.45, 2.75) is 13.0 Å². The first-order valence-corrected chi connectivity index (χ1v) is 8.34. The number of rotatable bonds is 6. The molecule has 0 bridgehead atoms. The number of nitrogens with zero attached hydrogens (tertiary/aromatic N) is 4. The van der Waals surface area contributed by atoms with Gasteiger partial charge in [-0.1, -0.05) is 6.58 Å². The molecule has 0 unspecified atom stereocenters. The Morgan fingerprint density at radius 1 is 1.44 bits per heavy atom. The van der Waals surface area contributed by atoms with Crippen LogP contribution in [0.3, 0.4) is 0 Å². The molecule has 3 rings (SSSR count). The lowest BCUT2D eigenvalue weighted by molar-refractivity contribution is 0.0947. The average Bonchev–Trinajstić information content (AvgIpc) is 3.29. The standard InChI is InChI=1S/C19H21N5O/c1-2-24-14-17(11-22-24)13-23-8-7-16(12-23)10-21-19(25)18-5-3-15(9-20)4-6-18/h2-6,11,14,16H,1,7-8,10,12-13H2,(H,21,25)/t16-/m1/s1. The van der Waals surface area contributed by atoms with E-state index in [0.717, 1.165) is 26.1 Å². The van der Waals surface area contributed by atoms with Gasteiger partial charge >= 0.3 is 0 Å². The Balaban J connectivity index is 1.45. The van der Waals surface area contributed by atoms with Crippen LogP contribution in [-0.2, 0) is 6.54 Å². The summed E-state index contributed by atoms with van der Waals surface area (Å²) in [4.78, 5) is 14.6. The second-order valence-electron chi connectivity index (χ2n) is 6.30. The number of aromatic nitrogens is 2. The van der Waals surface area contributed by atoms with E-state index in [4.69, 9.17) is 5.26 Å². The summed E-state index contributed by atoms with van der Waals surface area (Å²) in [5.41, 5.74) is 2.32. The van der Waals surface area contributed by atoms with Crippen molar-refractivity contribution in [1.29, 1.82) is 5.26 Å². The molecule has 2 heterocycles. The Hall–Kier alpha value is -2.91. The Bertz CT molecular complexity index is 787. The number of hydrogen-bond acceptors (Lipinski definition) is 4. The highest BCUT2D eigenvalue weighted by Gasteiger charge is 2.23. The highest BCUT2D eigenvalue weighted by molar-refractivity contribution is 5.94. The minimum absolute atomic E-state index is 0.0878. The van der Waals surface area contributed by atoms with Crippen LogP contribution in [0.15, 0.2) is 43.2 Å². The quantitative estimate of drug-likeness (QED) is 0.877. The Morgan fingerprint density at radius 2 is 2.24 bits per heavy atom. The maximum atomic E-state index is 12.2. The second-order valence-corrected chi connectivity index (χ2v) is 6.30. The molecule has 128 valence electrons. The van der Waals surface area contributed by atoms with Crippen LogP contribution in [0.2, 0.25) is 0 Å². The number of amides is 1. The molecule has 0 radical (unpaired) electrons. The molecule has 2 aromatic rings. The minimum atomic E-state index is -0.0878. The molecule has 0 aliphatic carbocycles. The van der Waals surface area contributed by atoms with Gasteiger partial charge in [0.25, 0.3) is 5.91 Å². The third-order valence-electron chi connectivity index (χ3n) is 4.45. The maximum absolute atomic E-state index is 12.2. The zero-order chi connectivity index (χ0) is 17.6. The predicted octanol–water partition coefficient (Wildman–Crippen LogP) is 2.11. The topological polar surface area (TPSA) is 73.9 Å². The first kappa shape index (κ1) is 16.9. The molecule has 1 aromatic heterocycles. The summed E-state index contributed by atoms with van der Waals surface area (Å²) in [6, 6.07) is 8.75. The van der Waals surface area contributed by atoms with Gasteiger partial charge in [-0.15, -0.1) is 0 Å². The molecule has 1 N–H and O–H groups in total. The molecule has 1 aromatic carbocycles. The van der Waals surface area contributed by atoms with Crippen LogP contribution in [0, 0.1) is 17.2 Å². The largest absolute Gasteiger partial charge is 0.352 e. The Kier molecular flexibility index (Phi) is 5.26. The van der Waals surface area contributed by atoms with Crippen molar-refractivity contribution in [3.05, 3.63) is 59.9 Å². The lowest BCUT2D eigenvalue weighted by Crippen LogP contribution is -2.30. The number of hydrogen-bond donors (Lipinski definition) is 1. The van der Waals surface area contributed by atoms with Gasteiger partial charge in [-0.3, -0.25) is 9.69 Å². The molecule has 0 spiro atoms. The second kappa shape index (κ2) is 7.77. The number of likely N-dealkylation sites (tertiary alicyclic amines) is 1. The molecule has 25 heavy (non-hydrogen) atoms. The fourth-order valence-corrected chi connectivity index (χ4v) is 3.08. The third kappa shape index (κ3) is 4.34. The van der Waals surface area contributed by atoms with Gasteiger partial charge in [-0.2, -0.15) is 10.4 Å². The van der Waals surface area contributed by atoms with E-state index in [9.17, 15) is 4.79 Å². The van der Waals surface area contributed by atoms with E-state index in [1.54, 1.807) is 35.1 Å². The number of benzene rings is 1. The normalized spacial score (nSPS) is 17.2. The van der Waals surface area contributed by atoms with Crippen LogP contribution < -0.4 is 5.32 Å². The minimum Gasteiger partial charge on any atom is -0.352 e. The summed E-state index contributed by atoms with van der Waals surface area (Å²) in [5.74, 6) is 0.368. The fourth-order valence-electron chi connectivity index (χ4n) is 3.08. The monoisotopic (exact) mass is 335 g/mol. The highest BCUT2D eigenvalue weighted by atomic mass is 16.1. The number of carbonyl (C=O) groups is 1. The van der Waals surface area contributed by atoms with Crippen molar-refractivity contribution in [3.8, 4) is 6.07 Å². The van der Waals surface area contributed by atoms with Crippen molar-refractivity contribution in [2.24, 2.45) is 5.92 Å². The van der Waals surface area contributed by atoms with Gasteiger partial charge in [0.1, 0.15) is 0 Å². The first-order chi connectivity index (χ1) is 12.2. The Labute approximate surface area is 147 Å².